The molecule has 0 aromatic heterocycles. The van der Waals surface area contributed by atoms with Crippen LogP contribution in [0.5, 0.6) is 0 Å². The summed E-state index contributed by atoms with van der Waals surface area (Å²) in [7, 11) is -9.54. The lowest BCUT2D eigenvalue weighted by molar-refractivity contribution is -0.144. The monoisotopic (exact) mass is 353 g/mol. The molecular weight excluding hydrogens is 342 g/mol. The predicted molar refractivity (Wildman–Crippen MR) is 70.5 cm³/mol. The molecule has 2 atom stereocenters. The highest BCUT2D eigenvalue weighted by Crippen LogP contribution is 2.21. The van der Waals surface area contributed by atoms with Crippen LogP contribution in [0, 0.1) is 0 Å². The van der Waals surface area contributed by atoms with E-state index in [4.69, 9.17) is 20.5 Å². The summed E-state index contributed by atoms with van der Waals surface area (Å²) in [4.78, 5) is 20.2. The molecule has 12 heteroatoms. The van der Waals surface area contributed by atoms with Crippen LogP contribution >= 0.6 is 0 Å². The molecule has 122 valence electrons. The van der Waals surface area contributed by atoms with E-state index in [-0.39, 0.29) is 0 Å². The fourth-order valence-electron chi connectivity index (χ4n) is 1.57. The first kappa shape index (κ1) is 18.0. The Balaban J connectivity index is 3.51. The number of carboxylic acids is 2. The Labute approximate surface area is 124 Å². The van der Waals surface area contributed by atoms with Gasteiger partial charge in [0.05, 0.1) is 9.79 Å². The van der Waals surface area contributed by atoms with Crippen molar-refractivity contribution in [1.29, 1.82) is 0 Å². The van der Waals surface area contributed by atoms with E-state index in [1.165, 1.54) is 0 Å². The van der Waals surface area contributed by atoms with E-state index in [2.05, 4.69) is 0 Å². The van der Waals surface area contributed by atoms with E-state index in [9.17, 15) is 26.4 Å². The van der Waals surface area contributed by atoms with E-state index in [1.807, 2.05) is 0 Å². The third kappa shape index (κ3) is 3.59. The quantitative estimate of drug-likeness (QED) is 0.441. The molecule has 0 saturated heterocycles. The predicted octanol–water partition coefficient (Wildman–Crippen LogP) is -1.43. The first-order chi connectivity index (χ1) is 9.89. The zero-order valence-corrected chi connectivity index (χ0v) is 12.3. The molecule has 22 heavy (non-hydrogen) atoms. The summed E-state index contributed by atoms with van der Waals surface area (Å²) in [6.45, 7) is 0. The average Bonchev–Trinajstić information content (AvgIpc) is 2.37. The Morgan fingerprint density at radius 3 is 1.91 bits per heavy atom. The molecule has 0 aliphatic carbocycles. The molecule has 0 heterocycles. The van der Waals surface area contributed by atoms with Gasteiger partial charge in [-0.25, -0.2) is 8.42 Å². The van der Waals surface area contributed by atoms with Crippen LogP contribution in [0.15, 0.2) is 34.1 Å². The van der Waals surface area contributed by atoms with Crippen molar-refractivity contribution in [3.8, 4) is 0 Å². The molecule has 1 aromatic rings. The first-order valence-corrected chi connectivity index (χ1v) is 8.40. The highest BCUT2D eigenvalue weighted by atomic mass is 32.2. The number of carbonyl (C=O) groups is 2. The van der Waals surface area contributed by atoms with Gasteiger partial charge in [-0.15, -0.1) is 0 Å². The molecule has 10 nitrogen and oxygen atoms in total. The van der Waals surface area contributed by atoms with Gasteiger partial charge in [0.25, 0.3) is 10.1 Å². The highest BCUT2D eigenvalue weighted by molar-refractivity contribution is 7.93. The molecule has 0 bridgehead atoms. The lowest BCUT2D eigenvalue weighted by Crippen LogP contribution is -2.50. The molecule has 1 rings (SSSR count). The highest BCUT2D eigenvalue weighted by Gasteiger charge is 2.42. The zero-order chi connectivity index (χ0) is 17.3. The first-order valence-electron chi connectivity index (χ1n) is 5.41. The van der Waals surface area contributed by atoms with Crippen molar-refractivity contribution in [1.82, 2.24) is 0 Å². The second-order valence-corrected chi connectivity index (χ2v) is 7.61. The third-order valence-corrected chi connectivity index (χ3v) is 5.55. The second-order valence-electron chi connectivity index (χ2n) is 4.12. The third-order valence-electron chi connectivity index (χ3n) is 2.62. The van der Waals surface area contributed by atoms with Gasteiger partial charge >= 0.3 is 11.9 Å². The summed E-state index contributed by atoms with van der Waals surface area (Å²) < 4.78 is 55.2. The molecule has 0 spiro atoms. The smallest absolute Gasteiger partial charge is 0.324 e. The van der Waals surface area contributed by atoms with Crippen molar-refractivity contribution in [3.05, 3.63) is 24.3 Å². The second kappa shape index (κ2) is 6.00. The lowest BCUT2D eigenvalue weighted by Gasteiger charge is -2.17. The van der Waals surface area contributed by atoms with Crippen molar-refractivity contribution < 1.29 is 41.2 Å². The molecular formula is C10H11NO9S2. The molecule has 2 unspecified atom stereocenters. The number of hydrogen-bond acceptors (Lipinski definition) is 7. The van der Waals surface area contributed by atoms with Crippen LogP contribution in [-0.2, 0) is 29.5 Å². The van der Waals surface area contributed by atoms with Crippen molar-refractivity contribution in [2.75, 3.05) is 0 Å². The van der Waals surface area contributed by atoms with Crippen LogP contribution in [0.2, 0.25) is 0 Å². The number of nitrogens with two attached hydrogens (primary N) is 1. The van der Waals surface area contributed by atoms with E-state index < -0.39 is 53.0 Å². The minimum Gasteiger partial charge on any atom is -0.480 e. The molecule has 0 amide bonds. The minimum absolute atomic E-state index is 0.509. The van der Waals surface area contributed by atoms with Crippen molar-refractivity contribution in [3.63, 3.8) is 0 Å². The van der Waals surface area contributed by atoms with E-state index in [0.29, 0.717) is 6.07 Å². The molecule has 5 N–H and O–H groups in total. The van der Waals surface area contributed by atoms with Crippen LogP contribution < -0.4 is 5.73 Å². The normalized spacial score (nSPS) is 15.0. The van der Waals surface area contributed by atoms with Crippen LogP contribution in [0.25, 0.3) is 0 Å². The number of carboxylic acid groups (broad SMARTS) is 2. The standard InChI is InChI=1S/C10H11NO9S2/c11-7(9(12)13)8(10(14)15)21(16,17)5-2-1-3-6(4-5)22(18,19)20/h1-4,7-8H,11H2,(H,12,13)(H,14,15)(H,18,19,20). The SMILES string of the molecule is NC(C(=O)O)C(C(=O)O)S(=O)(=O)c1cccc(S(=O)(=O)O)c1. The van der Waals surface area contributed by atoms with Crippen LogP contribution in [-0.4, -0.2) is 54.8 Å². The molecule has 1 aromatic carbocycles. The summed E-state index contributed by atoms with van der Waals surface area (Å²) in [6.07, 6.45) is 0. The van der Waals surface area contributed by atoms with E-state index >= 15 is 0 Å². The van der Waals surface area contributed by atoms with Gasteiger partial charge in [-0.05, 0) is 18.2 Å². The Bertz CT molecular complexity index is 813. The summed E-state index contributed by atoms with van der Waals surface area (Å²) >= 11 is 0. The largest absolute Gasteiger partial charge is 0.480 e. The molecule has 0 aliphatic heterocycles. The fourth-order valence-corrected chi connectivity index (χ4v) is 3.79. The van der Waals surface area contributed by atoms with Gasteiger partial charge in [-0.1, -0.05) is 6.07 Å². The van der Waals surface area contributed by atoms with Crippen molar-refractivity contribution >= 4 is 31.9 Å². The van der Waals surface area contributed by atoms with Gasteiger partial charge in [-0.2, -0.15) is 8.42 Å². The number of sulfone groups is 1. The van der Waals surface area contributed by atoms with Crippen LogP contribution in [0.3, 0.4) is 0 Å². The Kier molecular flexibility index (Phi) is 4.92. The Hall–Kier alpha value is -2.02. The molecule has 0 aliphatic rings. The maximum Gasteiger partial charge on any atom is 0.324 e. The van der Waals surface area contributed by atoms with Gasteiger partial charge < -0.3 is 15.9 Å². The van der Waals surface area contributed by atoms with Crippen molar-refractivity contribution in [2.45, 2.75) is 21.1 Å². The summed E-state index contributed by atoms with van der Waals surface area (Å²) in [6, 6.07) is 0.920. The van der Waals surface area contributed by atoms with E-state index in [1.54, 1.807) is 0 Å². The lowest BCUT2D eigenvalue weighted by atomic mass is 10.2. The summed E-state index contributed by atoms with van der Waals surface area (Å²) in [5.41, 5.74) is 5.08. The van der Waals surface area contributed by atoms with Gasteiger partial charge in [0, 0.05) is 0 Å². The van der Waals surface area contributed by atoms with Crippen LogP contribution in [0.4, 0.5) is 0 Å². The van der Waals surface area contributed by atoms with Gasteiger partial charge in [0.1, 0.15) is 6.04 Å². The van der Waals surface area contributed by atoms with Gasteiger partial charge in [0.2, 0.25) is 0 Å². The average molecular weight is 353 g/mol. The summed E-state index contributed by atoms with van der Waals surface area (Å²) in [5.74, 6) is -3.87. The van der Waals surface area contributed by atoms with Crippen molar-refractivity contribution in [2.24, 2.45) is 5.73 Å². The Morgan fingerprint density at radius 1 is 1.00 bits per heavy atom. The van der Waals surface area contributed by atoms with E-state index in [0.717, 1.165) is 18.2 Å². The van der Waals surface area contributed by atoms with Gasteiger partial charge in [-0.3, -0.25) is 14.1 Å². The zero-order valence-electron chi connectivity index (χ0n) is 10.6. The van der Waals surface area contributed by atoms with Crippen LogP contribution in [0.1, 0.15) is 0 Å². The maximum atomic E-state index is 12.2. The molecule has 0 saturated carbocycles. The number of aliphatic carboxylic acids is 2. The number of hydrogen-bond donors (Lipinski definition) is 4. The molecule has 0 fully saturated rings. The molecule has 0 radical (unpaired) electrons. The minimum atomic E-state index is -4.81. The van der Waals surface area contributed by atoms with Gasteiger partial charge in [0.15, 0.2) is 15.1 Å². The fraction of sp³-hybridized carbons (Fsp3) is 0.200. The maximum absolute atomic E-state index is 12.2. The summed E-state index contributed by atoms with van der Waals surface area (Å²) in [5, 5.41) is 15.1. The number of benzene rings is 1. The Morgan fingerprint density at radius 2 is 1.50 bits per heavy atom. The topological polar surface area (TPSA) is 189 Å². The number of rotatable bonds is 6.